The zero-order chi connectivity index (χ0) is 15.1. The third kappa shape index (κ3) is 5.12. The molecule has 0 aromatic rings. The molecule has 0 aromatic carbocycles. The Morgan fingerprint density at radius 3 is 2.55 bits per heavy atom. The number of carbonyl (C=O) groups excluding carboxylic acids is 2. The number of aliphatic hydroxyl groups excluding tert-OH is 1. The molecule has 0 aliphatic heterocycles. The van der Waals surface area contributed by atoms with E-state index in [1.54, 1.807) is 0 Å². The molecule has 0 spiro atoms. The van der Waals surface area contributed by atoms with Gasteiger partial charge in [-0.05, 0) is 30.6 Å². The molecule has 0 aromatic heterocycles. The number of hydrogen-bond acceptors (Lipinski definition) is 3. The first-order valence-corrected chi connectivity index (χ1v) is 7.61. The molecule has 1 rings (SSSR count). The molecule has 5 heteroatoms. The summed E-state index contributed by atoms with van der Waals surface area (Å²) < 4.78 is 0. The van der Waals surface area contributed by atoms with E-state index in [9.17, 15) is 9.59 Å². The molecule has 1 aliphatic carbocycles. The van der Waals surface area contributed by atoms with Gasteiger partial charge in [0.2, 0.25) is 11.8 Å². The van der Waals surface area contributed by atoms with Gasteiger partial charge >= 0.3 is 0 Å². The minimum absolute atomic E-state index is 0.00519. The molecule has 3 N–H and O–H groups in total. The molecule has 1 fully saturated rings. The van der Waals surface area contributed by atoms with E-state index in [4.69, 9.17) is 5.11 Å². The summed E-state index contributed by atoms with van der Waals surface area (Å²) in [6.07, 6.45) is 3.18. The summed E-state index contributed by atoms with van der Waals surface area (Å²) in [6, 6.07) is 0. The van der Waals surface area contributed by atoms with Crippen LogP contribution in [0, 0.1) is 23.7 Å². The maximum atomic E-state index is 12.3. The van der Waals surface area contributed by atoms with E-state index >= 15 is 0 Å². The van der Waals surface area contributed by atoms with E-state index in [1.807, 2.05) is 0 Å². The number of amides is 2. The van der Waals surface area contributed by atoms with Crippen molar-refractivity contribution < 1.29 is 14.7 Å². The third-order valence-corrected chi connectivity index (χ3v) is 4.22. The van der Waals surface area contributed by atoms with Crippen LogP contribution in [0.25, 0.3) is 0 Å². The molecule has 0 radical (unpaired) electrons. The molecule has 0 unspecified atom stereocenters. The van der Waals surface area contributed by atoms with Crippen LogP contribution in [0.15, 0.2) is 0 Å². The highest BCUT2D eigenvalue weighted by Gasteiger charge is 2.35. The van der Waals surface area contributed by atoms with Gasteiger partial charge in [0.15, 0.2) is 0 Å². The number of rotatable bonds is 6. The van der Waals surface area contributed by atoms with E-state index in [-0.39, 0.29) is 37.4 Å². The topological polar surface area (TPSA) is 78.4 Å². The van der Waals surface area contributed by atoms with E-state index in [0.29, 0.717) is 17.8 Å². The number of hydrogen-bond donors (Lipinski definition) is 3. The lowest BCUT2D eigenvalue weighted by Gasteiger charge is -2.36. The van der Waals surface area contributed by atoms with Gasteiger partial charge in [0, 0.05) is 12.5 Å². The first kappa shape index (κ1) is 17.0. The zero-order valence-corrected chi connectivity index (χ0v) is 12.8. The van der Waals surface area contributed by atoms with Crippen LogP contribution in [0.4, 0.5) is 0 Å². The zero-order valence-electron chi connectivity index (χ0n) is 12.8. The van der Waals surface area contributed by atoms with Crippen LogP contribution in [0.1, 0.15) is 40.0 Å². The van der Waals surface area contributed by atoms with E-state index in [1.165, 1.54) is 6.42 Å². The van der Waals surface area contributed by atoms with Crippen molar-refractivity contribution in [3.63, 3.8) is 0 Å². The second-order valence-electron chi connectivity index (χ2n) is 6.22. The van der Waals surface area contributed by atoms with Crippen LogP contribution < -0.4 is 10.6 Å². The molecule has 20 heavy (non-hydrogen) atoms. The average Bonchev–Trinajstić information content (AvgIpc) is 2.41. The second-order valence-corrected chi connectivity index (χ2v) is 6.22. The molecule has 2 amide bonds. The fourth-order valence-electron chi connectivity index (χ4n) is 3.06. The molecule has 0 saturated heterocycles. The van der Waals surface area contributed by atoms with Crippen molar-refractivity contribution in [3.05, 3.63) is 0 Å². The van der Waals surface area contributed by atoms with Gasteiger partial charge < -0.3 is 15.7 Å². The average molecular weight is 284 g/mol. The van der Waals surface area contributed by atoms with Crippen molar-refractivity contribution >= 4 is 11.8 Å². The van der Waals surface area contributed by atoms with Gasteiger partial charge in [-0.15, -0.1) is 0 Å². The van der Waals surface area contributed by atoms with Crippen LogP contribution >= 0.6 is 0 Å². The highest BCUT2D eigenvalue weighted by molar-refractivity contribution is 5.86. The van der Waals surface area contributed by atoms with Crippen molar-refractivity contribution in [2.75, 3.05) is 19.7 Å². The first-order chi connectivity index (χ1) is 9.45. The predicted octanol–water partition coefficient (Wildman–Crippen LogP) is 0.919. The maximum absolute atomic E-state index is 12.3. The van der Waals surface area contributed by atoms with Crippen molar-refractivity contribution in [1.29, 1.82) is 0 Å². The number of carbonyl (C=O) groups is 2. The summed E-state index contributed by atoms with van der Waals surface area (Å²) in [5, 5.41) is 13.9. The van der Waals surface area contributed by atoms with Crippen LogP contribution in [-0.2, 0) is 9.59 Å². The first-order valence-electron chi connectivity index (χ1n) is 7.61. The summed E-state index contributed by atoms with van der Waals surface area (Å²) in [7, 11) is 0. The van der Waals surface area contributed by atoms with E-state index in [2.05, 4.69) is 31.4 Å². The smallest absolute Gasteiger partial charge is 0.239 e. The lowest BCUT2D eigenvalue weighted by Crippen LogP contribution is -2.44. The van der Waals surface area contributed by atoms with Crippen molar-refractivity contribution in [1.82, 2.24) is 10.6 Å². The van der Waals surface area contributed by atoms with E-state index in [0.717, 1.165) is 12.8 Å². The highest BCUT2D eigenvalue weighted by atomic mass is 16.3. The largest absolute Gasteiger partial charge is 0.395 e. The molecular weight excluding hydrogens is 256 g/mol. The van der Waals surface area contributed by atoms with E-state index < -0.39 is 0 Å². The standard InChI is InChI=1S/C15H28N2O3/c1-10(2)12-5-4-11(3)8-13(12)15(20)17-9-14(19)16-6-7-18/h10-13,18H,4-9H2,1-3H3,(H,16,19)(H,17,20)/t11-,12+,13-/m1/s1. The fraction of sp³-hybridized carbons (Fsp3) is 0.867. The molecule has 0 heterocycles. The molecule has 3 atom stereocenters. The molecule has 0 bridgehead atoms. The molecule has 1 saturated carbocycles. The lowest BCUT2D eigenvalue weighted by atomic mass is 9.70. The van der Waals surface area contributed by atoms with Gasteiger partial charge in [-0.25, -0.2) is 0 Å². The SMILES string of the molecule is CC(C)[C@@H]1CC[C@@H](C)C[C@H]1C(=O)NCC(=O)NCCO. The van der Waals surface area contributed by atoms with Crippen LogP contribution in [0.2, 0.25) is 0 Å². The van der Waals surface area contributed by atoms with Crippen molar-refractivity contribution in [3.8, 4) is 0 Å². The summed E-state index contributed by atoms with van der Waals surface area (Å²) in [5.41, 5.74) is 0. The maximum Gasteiger partial charge on any atom is 0.239 e. The van der Waals surface area contributed by atoms with Gasteiger partial charge in [0.25, 0.3) is 0 Å². The van der Waals surface area contributed by atoms with Crippen LogP contribution in [-0.4, -0.2) is 36.6 Å². The normalized spacial score (nSPS) is 26.4. The molecule has 1 aliphatic rings. The van der Waals surface area contributed by atoms with Gasteiger partial charge in [0.05, 0.1) is 13.2 Å². The van der Waals surface area contributed by atoms with Gasteiger partial charge in [-0.1, -0.05) is 27.2 Å². The Hall–Kier alpha value is -1.10. The summed E-state index contributed by atoms with van der Waals surface area (Å²) in [6.45, 7) is 6.64. The van der Waals surface area contributed by atoms with Crippen LogP contribution in [0.5, 0.6) is 0 Å². The Kier molecular flexibility index (Phi) is 6.99. The number of aliphatic hydroxyl groups is 1. The Labute approximate surface area is 121 Å². The summed E-state index contributed by atoms with van der Waals surface area (Å²) in [4.78, 5) is 23.7. The van der Waals surface area contributed by atoms with Crippen molar-refractivity contribution in [2.45, 2.75) is 40.0 Å². The minimum Gasteiger partial charge on any atom is -0.395 e. The van der Waals surface area contributed by atoms with Gasteiger partial charge in [-0.2, -0.15) is 0 Å². The Balaban J connectivity index is 2.48. The van der Waals surface area contributed by atoms with Crippen molar-refractivity contribution in [2.24, 2.45) is 23.7 Å². The fourth-order valence-corrected chi connectivity index (χ4v) is 3.06. The Morgan fingerprint density at radius 1 is 1.25 bits per heavy atom. The summed E-state index contributed by atoms with van der Waals surface area (Å²) in [5.74, 6) is 1.23. The quantitative estimate of drug-likeness (QED) is 0.678. The summed E-state index contributed by atoms with van der Waals surface area (Å²) >= 11 is 0. The number of nitrogens with one attached hydrogen (secondary N) is 2. The van der Waals surface area contributed by atoms with Crippen LogP contribution in [0.3, 0.4) is 0 Å². The van der Waals surface area contributed by atoms with Gasteiger partial charge in [-0.3, -0.25) is 9.59 Å². The highest BCUT2D eigenvalue weighted by Crippen LogP contribution is 2.37. The minimum atomic E-state index is -0.252. The predicted molar refractivity (Wildman–Crippen MR) is 77.9 cm³/mol. The Morgan fingerprint density at radius 2 is 1.95 bits per heavy atom. The third-order valence-electron chi connectivity index (χ3n) is 4.22. The molecular formula is C15H28N2O3. The lowest BCUT2D eigenvalue weighted by molar-refractivity contribution is -0.131. The Bertz CT molecular complexity index is 331. The monoisotopic (exact) mass is 284 g/mol. The molecule has 5 nitrogen and oxygen atoms in total. The molecule has 116 valence electrons. The van der Waals surface area contributed by atoms with Gasteiger partial charge in [0.1, 0.15) is 0 Å². The second kappa shape index (κ2) is 8.25.